The van der Waals surface area contributed by atoms with Crippen molar-refractivity contribution in [3.05, 3.63) is 47.8 Å². The number of nitrogens with one attached hydrogen (secondary N) is 1. The minimum Gasteiger partial charge on any atom is -0.484 e. The molecular formula is C14H16N4O2. The van der Waals surface area contributed by atoms with E-state index in [0.29, 0.717) is 18.2 Å². The molecule has 0 saturated carbocycles. The average molecular weight is 272 g/mol. The molecule has 1 amide bonds. The first-order valence-corrected chi connectivity index (χ1v) is 6.16. The number of ether oxygens (including phenoxy) is 1. The van der Waals surface area contributed by atoms with Crippen LogP contribution in [-0.2, 0) is 11.3 Å². The maximum Gasteiger partial charge on any atom is 0.255 e. The molecule has 2 aromatic rings. The molecule has 0 saturated heterocycles. The molecule has 0 unspecified atom stereocenters. The van der Waals surface area contributed by atoms with E-state index in [1.165, 1.54) is 0 Å². The first-order chi connectivity index (χ1) is 9.63. The molecule has 0 fully saturated rings. The summed E-state index contributed by atoms with van der Waals surface area (Å²) in [5.74, 6) is 0.675. The number of primary amides is 1. The van der Waals surface area contributed by atoms with E-state index >= 15 is 0 Å². The number of anilines is 1. The SMILES string of the molecule is Cc1cnc(NCc2cccc(OCC(N)=O)c2)nc1. The van der Waals surface area contributed by atoms with Gasteiger partial charge in [-0.3, -0.25) is 4.79 Å². The second-order valence-electron chi connectivity index (χ2n) is 4.34. The summed E-state index contributed by atoms with van der Waals surface area (Å²) >= 11 is 0. The minimum absolute atomic E-state index is 0.127. The van der Waals surface area contributed by atoms with E-state index in [1.807, 2.05) is 25.1 Å². The predicted octanol–water partition coefficient (Wildman–Crippen LogP) is 1.26. The predicted molar refractivity (Wildman–Crippen MR) is 75.2 cm³/mol. The molecule has 6 heteroatoms. The van der Waals surface area contributed by atoms with Crippen molar-refractivity contribution in [1.82, 2.24) is 9.97 Å². The van der Waals surface area contributed by atoms with Crippen LogP contribution in [0.5, 0.6) is 5.75 Å². The Hall–Kier alpha value is -2.63. The summed E-state index contributed by atoms with van der Waals surface area (Å²) in [6, 6.07) is 7.40. The number of hydrogen-bond acceptors (Lipinski definition) is 5. The molecule has 0 spiro atoms. The molecular weight excluding hydrogens is 256 g/mol. The summed E-state index contributed by atoms with van der Waals surface area (Å²) in [7, 11) is 0. The van der Waals surface area contributed by atoms with Crippen molar-refractivity contribution in [2.24, 2.45) is 5.73 Å². The second kappa shape index (κ2) is 6.51. The summed E-state index contributed by atoms with van der Waals surface area (Å²) in [4.78, 5) is 19.0. The van der Waals surface area contributed by atoms with Gasteiger partial charge >= 0.3 is 0 Å². The van der Waals surface area contributed by atoms with Gasteiger partial charge in [0, 0.05) is 18.9 Å². The third-order valence-corrected chi connectivity index (χ3v) is 2.51. The highest BCUT2D eigenvalue weighted by atomic mass is 16.5. The molecule has 1 aromatic heterocycles. The van der Waals surface area contributed by atoms with Crippen LogP contribution >= 0.6 is 0 Å². The van der Waals surface area contributed by atoms with Gasteiger partial charge in [-0.05, 0) is 30.2 Å². The van der Waals surface area contributed by atoms with Crippen LogP contribution in [0.1, 0.15) is 11.1 Å². The molecule has 2 rings (SSSR count). The molecule has 0 radical (unpaired) electrons. The molecule has 3 N–H and O–H groups in total. The normalized spacial score (nSPS) is 10.1. The van der Waals surface area contributed by atoms with E-state index in [4.69, 9.17) is 10.5 Å². The van der Waals surface area contributed by atoms with E-state index in [9.17, 15) is 4.79 Å². The lowest BCUT2D eigenvalue weighted by molar-refractivity contribution is -0.119. The van der Waals surface area contributed by atoms with E-state index in [-0.39, 0.29) is 6.61 Å². The van der Waals surface area contributed by atoms with Crippen molar-refractivity contribution < 1.29 is 9.53 Å². The third kappa shape index (κ3) is 4.24. The fourth-order valence-electron chi connectivity index (χ4n) is 1.56. The smallest absolute Gasteiger partial charge is 0.255 e. The first kappa shape index (κ1) is 13.8. The van der Waals surface area contributed by atoms with E-state index < -0.39 is 5.91 Å². The fraction of sp³-hybridized carbons (Fsp3) is 0.214. The highest BCUT2D eigenvalue weighted by Crippen LogP contribution is 2.14. The number of hydrogen-bond donors (Lipinski definition) is 2. The molecule has 0 atom stereocenters. The van der Waals surface area contributed by atoms with E-state index in [2.05, 4.69) is 15.3 Å². The number of nitrogens with two attached hydrogens (primary N) is 1. The highest BCUT2D eigenvalue weighted by molar-refractivity contribution is 5.75. The van der Waals surface area contributed by atoms with Gasteiger partial charge in [0.2, 0.25) is 5.95 Å². The van der Waals surface area contributed by atoms with E-state index in [1.54, 1.807) is 18.5 Å². The molecule has 20 heavy (non-hydrogen) atoms. The molecule has 0 aliphatic heterocycles. The van der Waals surface area contributed by atoms with Gasteiger partial charge in [-0.25, -0.2) is 9.97 Å². The van der Waals surface area contributed by atoms with Gasteiger partial charge in [0.25, 0.3) is 5.91 Å². The fourth-order valence-corrected chi connectivity index (χ4v) is 1.56. The Morgan fingerprint density at radius 3 is 2.80 bits per heavy atom. The number of nitrogens with zero attached hydrogens (tertiary/aromatic N) is 2. The van der Waals surface area contributed by atoms with Crippen LogP contribution in [0.4, 0.5) is 5.95 Å². The van der Waals surface area contributed by atoms with Crippen molar-refractivity contribution in [2.45, 2.75) is 13.5 Å². The molecule has 1 aromatic carbocycles. The number of carbonyl (C=O) groups is 1. The van der Waals surface area contributed by atoms with Crippen LogP contribution < -0.4 is 15.8 Å². The van der Waals surface area contributed by atoms with Crippen LogP contribution in [0.2, 0.25) is 0 Å². The number of aromatic nitrogens is 2. The maximum absolute atomic E-state index is 10.7. The van der Waals surface area contributed by atoms with Crippen LogP contribution in [0.25, 0.3) is 0 Å². The number of aryl methyl sites for hydroxylation is 1. The van der Waals surface area contributed by atoms with Crippen molar-refractivity contribution in [1.29, 1.82) is 0 Å². The number of benzene rings is 1. The Bertz CT molecular complexity index is 584. The monoisotopic (exact) mass is 272 g/mol. The number of carbonyl (C=O) groups excluding carboxylic acids is 1. The van der Waals surface area contributed by atoms with Gasteiger partial charge in [-0.15, -0.1) is 0 Å². The quantitative estimate of drug-likeness (QED) is 0.826. The van der Waals surface area contributed by atoms with Crippen molar-refractivity contribution in [2.75, 3.05) is 11.9 Å². The largest absolute Gasteiger partial charge is 0.484 e. The van der Waals surface area contributed by atoms with Gasteiger partial charge in [-0.2, -0.15) is 0 Å². The minimum atomic E-state index is -0.499. The standard InChI is InChI=1S/C14H16N4O2/c1-10-6-16-14(17-7-10)18-8-11-3-2-4-12(5-11)20-9-13(15)19/h2-7H,8-9H2,1H3,(H2,15,19)(H,16,17,18). The van der Waals surface area contributed by atoms with Crippen molar-refractivity contribution in [3.63, 3.8) is 0 Å². The van der Waals surface area contributed by atoms with Gasteiger partial charge in [0.05, 0.1) is 0 Å². The summed E-state index contributed by atoms with van der Waals surface area (Å²) in [5.41, 5.74) is 7.04. The van der Waals surface area contributed by atoms with Crippen LogP contribution in [0.15, 0.2) is 36.7 Å². The van der Waals surface area contributed by atoms with Crippen molar-refractivity contribution in [3.8, 4) is 5.75 Å². The topological polar surface area (TPSA) is 90.1 Å². The lowest BCUT2D eigenvalue weighted by Gasteiger charge is -2.08. The average Bonchev–Trinajstić information content (AvgIpc) is 2.45. The molecule has 104 valence electrons. The molecule has 6 nitrogen and oxygen atoms in total. The van der Waals surface area contributed by atoms with Crippen LogP contribution in [0.3, 0.4) is 0 Å². The Labute approximate surface area is 117 Å². The zero-order valence-electron chi connectivity index (χ0n) is 11.2. The first-order valence-electron chi connectivity index (χ1n) is 6.16. The molecule has 0 aliphatic rings. The zero-order chi connectivity index (χ0) is 14.4. The van der Waals surface area contributed by atoms with Gasteiger partial charge in [-0.1, -0.05) is 12.1 Å². The van der Waals surface area contributed by atoms with Crippen molar-refractivity contribution >= 4 is 11.9 Å². The molecule has 0 aliphatic carbocycles. The summed E-state index contributed by atoms with van der Waals surface area (Å²) in [5, 5.41) is 3.11. The third-order valence-electron chi connectivity index (χ3n) is 2.51. The van der Waals surface area contributed by atoms with Gasteiger partial charge < -0.3 is 15.8 Å². The maximum atomic E-state index is 10.7. The summed E-state index contributed by atoms with van der Waals surface area (Å²) in [6.45, 7) is 2.37. The van der Waals surface area contributed by atoms with Crippen LogP contribution in [0, 0.1) is 6.92 Å². The Balaban J connectivity index is 1.94. The Morgan fingerprint density at radius 1 is 1.35 bits per heavy atom. The lowest BCUT2D eigenvalue weighted by Crippen LogP contribution is -2.20. The lowest BCUT2D eigenvalue weighted by atomic mass is 10.2. The van der Waals surface area contributed by atoms with Gasteiger partial charge in [0.1, 0.15) is 5.75 Å². The van der Waals surface area contributed by atoms with Gasteiger partial charge in [0.15, 0.2) is 6.61 Å². The number of rotatable bonds is 6. The summed E-state index contributed by atoms with van der Waals surface area (Å²) < 4.78 is 5.24. The Kier molecular flexibility index (Phi) is 4.49. The van der Waals surface area contributed by atoms with Crippen LogP contribution in [-0.4, -0.2) is 22.5 Å². The summed E-state index contributed by atoms with van der Waals surface area (Å²) in [6.07, 6.45) is 3.50. The number of amides is 1. The Morgan fingerprint density at radius 2 is 2.10 bits per heavy atom. The van der Waals surface area contributed by atoms with E-state index in [0.717, 1.165) is 11.1 Å². The molecule has 0 bridgehead atoms. The molecule has 1 heterocycles. The zero-order valence-corrected chi connectivity index (χ0v) is 11.2. The second-order valence-corrected chi connectivity index (χ2v) is 4.34. The highest BCUT2D eigenvalue weighted by Gasteiger charge is 2.00.